The van der Waals surface area contributed by atoms with Gasteiger partial charge in [-0.1, -0.05) is 48.0 Å². The molecule has 0 spiro atoms. The van der Waals surface area contributed by atoms with Gasteiger partial charge in [0, 0.05) is 18.8 Å². The van der Waals surface area contributed by atoms with Gasteiger partial charge in [-0.3, -0.25) is 4.79 Å². The summed E-state index contributed by atoms with van der Waals surface area (Å²) >= 11 is 3.51. The van der Waals surface area contributed by atoms with Crippen LogP contribution in [0.15, 0.2) is 71.2 Å². The molecule has 0 aliphatic carbocycles. The monoisotopic (exact) mass is 498 g/mol. The van der Waals surface area contributed by atoms with Crippen LogP contribution in [0.2, 0.25) is 0 Å². The van der Waals surface area contributed by atoms with Crippen molar-refractivity contribution in [2.75, 3.05) is 25.6 Å². The molecule has 1 atom stereocenters. The number of amides is 1. The molecule has 0 aliphatic rings. The topological polar surface area (TPSA) is 79.8 Å². The summed E-state index contributed by atoms with van der Waals surface area (Å²) < 4.78 is 11.9. The Bertz CT molecular complexity index is 1030. The van der Waals surface area contributed by atoms with Crippen molar-refractivity contribution in [2.24, 2.45) is 0 Å². The molecule has 3 aromatic rings. The summed E-state index contributed by atoms with van der Waals surface area (Å²) in [4.78, 5) is 12.2. The maximum Gasteiger partial charge on any atom is 0.262 e. The summed E-state index contributed by atoms with van der Waals surface area (Å²) in [5.74, 6) is 0.714. The van der Waals surface area contributed by atoms with Crippen LogP contribution >= 0.6 is 15.9 Å². The SMILES string of the molecule is COc1cc(CNC[C@H](O)c2ccccc2)cc(Br)c1OCC(=O)Nc1ccc(C)cc1. The van der Waals surface area contributed by atoms with Crippen LogP contribution in [0.25, 0.3) is 0 Å². The molecule has 0 fully saturated rings. The Balaban J connectivity index is 1.55. The number of nitrogens with one attached hydrogen (secondary N) is 2. The van der Waals surface area contributed by atoms with E-state index in [0.717, 1.165) is 16.7 Å². The Hall–Kier alpha value is -2.87. The molecule has 168 valence electrons. The van der Waals surface area contributed by atoms with E-state index in [1.807, 2.05) is 73.7 Å². The zero-order chi connectivity index (χ0) is 22.9. The largest absolute Gasteiger partial charge is 0.493 e. The van der Waals surface area contributed by atoms with E-state index < -0.39 is 6.10 Å². The maximum absolute atomic E-state index is 12.2. The Morgan fingerprint density at radius 2 is 1.81 bits per heavy atom. The van der Waals surface area contributed by atoms with E-state index in [2.05, 4.69) is 26.6 Å². The first-order valence-corrected chi connectivity index (χ1v) is 11.0. The molecule has 3 rings (SSSR count). The van der Waals surface area contributed by atoms with Gasteiger partial charge in [-0.2, -0.15) is 0 Å². The number of aryl methyl sites for hydroxylation is 1. The second-order valence-corrected chi connectivity index (χ2v) is 8.22. The average molecular weight is 499 g/mol. The molecule has 0 aromatic heterocycles. The van der Waals surface area contributed by atoms with E-state index in [4.69, 9.17) is 9.47 Å². The molecule has 32 heavy (non-hydrogen) atoms. The number of carbonyl (C=O) groups is 1. The van der Waals surface area contributed by atoms with Crippen LogP contribution in [0.1, 0.15) is 22.8 Å². The minimum absolute atomic E-state index is 0.149. The van der Waals surface area contributed by atoms with Gasteiger partial charge in [-0.05, 0) is 58.2 Å². The summed E-state index contributed by atoms with van der Waals surface area (Å²) in [7, 11) is 1.55. The van der Waals surface area contributed by atoms with Gasteiger partial charge in [0.15, 0.2) is 18.1 Å². The highest BCUT2D eigenvalue weighted by Crippen LogP contribution is 2.36. The second kappa shape index (κ2) is 11.7. The minimum atomic E-state index is -0.587. The lowest BCUT2D eigenvalue weighted by Crippen LogP contribution is -2.21. The first-order chi connectivity index (χ1) is 15.5. The van der Waals surface area contributed by atoms with Crippen LogP contribution in [0.3, 0.4) is 0 Å². The molecule has 3 aromatic carbocycles. The van der Waals surface area contributed by atoms with Gasteiger partial charge >= 0.3 is 0 Å². The molecule has 0 saturated heterocycles. The van der Waals surface area contributed by atoms with Crippen molar-refractivity contribution < 1.29 is 19.4 Å². The molecular formula is C25H27BrN2O4. The van der Waals surface area contributed by atoms with E-state index in [1.54, 1.807) is 7.11 Å². The predicted molar refractivity (Wildman–Crippen MR) is 129 cm³/mol. The van der Waals surface area contributed by atoms with Crippen LogP contribution < -0.4 is 20.1 Å². The summed E-state index contributed by atoms with van der Waals surface area (Å²) in [5, 5.41) is 16.3. The molecule has 0 saturated carbocycles. The van der Waals surface area contributed by atoms with Gasteiger partial charge < -0.3 is 25.2 Å². The molecule has 0 radical (unpaired) electrons. The fourth-order valence-electron chi connectivity index (χ4n) is 3.13. The summed E-state index contributed by atoms with van der Waals surface area (Å²) in [5.41, 5.74) is 3.66. The molecule has 1 amide bonds. The molecular weight excluding hydrogens is 472 g/mol. The lowest BCUT2D eigenvalue weighted by Gasteiger charge is -2.16. The van der Waals surface area contributed by atoms with Crippen molar-refractivity contribution >= 4 is 27.5 Å². The lowest BCUT2D eigenvalue weighted by molar-refractivity contribution is -0.118. The molecule has 0 bridgehead atoms. The number of anilines is 1. The Morgan fingerprint density at radius 1 is 1.09 bits per heavy atom. The third-order valence-corrected chi connectivity index (χ3v) is 5.41. The highest BCUT2D eigenvalue weighted by Gasteiger charge is 2.14. The van der Waals surface area contributed by atoms with Crippen LogP contribution in [-0.4, -0.2) is 31.3 Å². The molecule has 6 nitrogen and oxygen atoms in total. The third-order valence-electron chi connectivity index (χ3n) is 4.82. The van der Waals surface area contributed by atoms with E-state index in [0.29, 0.717) is 34.7 Å². The summed E-state index contributed by atoms with van der Waals surface area (Å²) in [6.45, 7) is 2.79. The number of benzene rings is 3. The van der Waals surface area contributed by atoms with Crippen LogP contribution in [-0.2, 0) is 11.3 Å². The lowest BCUT2D eigenvalue weighted by atomic mass is 10.1. The van der Waals surface area contributed by atoms with Gasteiger partial charge in [-0.15, -0.1) is 0 Å². The van der Waals surface area contributed by atoms with Gasteiger partial charge in [0.25, 0.3) is 5.91 Å². The van der Waals surface area contributed by atoms with Crippen molar-refractivity contribution in [3.8, 4) is 11.5 Å². The molecule has 0 heterocycles. The third kappa shape index (κ3) is 6.82. The van der Waals surface area contributed by atoms with Crippen molar-refractivity contribution in [3.05, 3.63) is 87.9 Å². The summed E-state index contributed by atoms with van der Waals surface area (Å²) in [6, 6.07) is 20.8. The number of methoxy groups -OCH3 is 1. The number of rotatable bonds is 10. The highest BCUT2D eigenvalue weighted by molar-refractivity contribution is 9.10. The Kier molecular flexibility index (Phi) is 8.67. The number of ether oxygens (including phenoxy) is 2. The Labute approximate surface area is 196 Å². The fraction of sp³-hybridized carbons (Fsp3) is 0.240. The van der Waals surface area contributed by atoms with Crippen LogP contribution in [0, 0.1) is 6.92 Å². The molecule has 3 N–H and O–H groups in total. The van der Waals surface area contributed by atoms with Crippen LogP contribution in [0.5, 0.6) is 11.5 Å². The van der Waals surface area contributed by atoms with Crippen molar-refractivity contribution in [3.63, 3.8) is 0 Å². The molecule has 0 unspecified atom stereocenters. The van der Waals surface area contributed by atoms with Crippen molar-refractivity contribution in [2.45, 2.75) is 19.6 Å². The van der Waals surface area contributed by atoms with Crippen molar-refractivity contribution in [1.82, 2.24) is 5.32 Å². The highest BCUT2D eigenvalue weighted by atomic mass is 79.9. The number of hydrogen-bond acceptors (Lipinski definition) is 5. The minimum Gasteiger partial charge on any atom is -0.493 e. The number of hydrogen-bond donors (Lipinski definition) is 3. The predicted octanol–water partition coefficient (Wildman–Crippen LogP) is 4.61. The van der Waals surface area contributed by atoms with E-state index in [1.165, 1.54) is 0 Å². The number of halogens is 1. The van der Waals surface area contributed by atoms with Gasteiger partial charge in [0.1, 0.15) is 0 Å². The zero-order valence-corrected chi connectivity index (χ0v) is 19.7. The first-order valence-electron chi connectivity index (χ1n) is 10.3. The Morgan fingerprint density at radius 3 is 2.50 bits per heavy atom. The summed E-state index contributed by atoms with van der Waals surface area (Å²) in [6.07, 6.45) is -0.587. The normalized spacial score (nSPS) is 11.6. The van der Waals surface area contributed by atoms with Gasteiger partial charge in [0.2, 0.25) is 0 Å². The zero-order valence-electron chi connectivity index (χ0n) is 18.1. The van der Waals surface area contributed by atoms with Gasteiger partial charge in [-0.25, -0.2) is 0 Å². The molecule has 0 aliphatic heterocycles. The smallest absolute Gasteiger partial charge is 0.262 e. The standard InChI is InChI=1S/C25H27BrN2O4/c1-17-8-10-20(11-9-17)28-24(30)16-32-25-21(26)12-18(13-23(25)31-2)14-27-15-22(29)19-6-4-3-5-7-19/h3-13,22,27,29H,14-16H2,1-2H3,(H,28,30)/t22-/m0/s1. The first kappa shape index (κ1) is 23.8. The number of carbonyl (C=O) groups excluding carboxylic acids is 1. The van der Waals surface area contributed by atoms with E-state index in [-0.39, 0.29) is 12.5 Å². The van der Waals surface area contributed by atoms with E-state index >= 15 is 0 Å². The fourth-order valence-corrected chi connectivity index (χ4v) is 3.74. The number of aliphatic hydroxyl groups is 1. The maximum atomic E-state index is 12.2. The second-order valence-electron chi connectivity index (χ2n) is 7.37. The van der Waals surface area contributed by atoms with E-state index in [9.17, 15) is 9.90 Å². The average Bonchev–Trinajstić information content (AvgIpc) is 2.80. The quantitative estimate of drug-likeness (QED) is 0.380. The molecule has 7 heteroatoms. The van der Waals surface area contributed by atoms with Crippen molar-refractivity contribution in [1.29, 1.82) is 0 Å². The van der Waals surface area contributed by atoms with Gasteiger partial charge in [0.05, 0.1) is 17.7 Å². The van der Waals surface area contributed by atoms with Crippen LogP contribution in [0.4, 0.5) is 5.69 Å². The number of aliphatic hydroxyl groups excluding tert-OH is 1.